The van der Waals surface area contributed by atoms with E-state index in [1.807, 2.05) is 0 Å². The van der Waals surface area contributed by atoms with Crippen molar-refractivity contribution < 1.29 is 9.72 Å². The number of carbonyl (C=O) groups is 1. The molecule has 4 nitrogen and oxygen atoms in total. The SMILES string of the molecule is Cc1cc([N+](=O)[O-])cc(Cl)c1C(=O)Cl. The first-order chi connectivity index (χ1) is 6.43. The monoisotopic (exact) mass is 233 g/mol. The molecule has 0 aromatic heterocycles. The summed E-state index contributed by atoms with van der Waals surface area (Å²) in [6.07, 6.45) is 0. The maximum atomic E-state index is 10.9. The highest BCUT2D eigenvalue weighted by Gasteiger charge is 2.16. The van der Waals surface area contributed by atoms with Gasteiger partial charge in [-0.3, -0.25) is 14.9 Å². The Kier molecular flexibility index (Phi) is 3.08. The quantitative estimate of drug-likeness (QED) is 0.449. The summed E-state index contributed by atoms with van der Waals surface area (Å²) in [5.74, 6) is 0. The number of carbonyl (C=O) groups excluding carboxylic acids is 1. The average molecular weight is 234 g/mol. The van der Waals surface area contributed by atoms with E-state index in [4.69, 9.17) is 23.2 Å². The van der Waals surface area contributed by atoms with Crippen molar-refractivity contribution in [3.63, 3.8) is 0 Å². The largest absolute Gasteiger partial charge is 0.276 e. The Balaban J connectivity index is 3.39. The zero-order valence-electron chi connectivity index (χ0n) is 7.08. The summed E-state index contributed by atoms with van der Waals surface area (Å²) in [5, 5.41) is 9.69. The first-order valence-corrected chi connectivity index (χ1v) is 4.33. The van der Waals surface area contributed by atoms with Gasteiger partial charge in [-0.15, -0.1) is 0 Å². The maximum Gasteiger partial charge on any atom is 0.271 e. The lowest BCUT2D eigenvalue weighted by atomic mass is 10.1. The number of non-ortho nitro benzene ring substituents is 1. The van der Waals surface area contributed by atoms with Crippen molar-refractivity contribution >= 4 is 34.1 Å². The Morgan fingerprint density at radius 3 is 2.43 bits per heavy atom. The van der Waals surface area contributed by atoms with Gasteiger partial charge < -0.3 is 0 Å². The van der Waals surface area contributed by atoms with Crippen LogP contribution in [-0.4, -0.2) is 10.2 Å². The van der Waals surface area contributed by atoms with Gasteiger partial charge in [-0.1, -0.05) is 11.6 Å². The number of nitro benzene ring substituents is 1. The van der Waals surface area contributed by atoms with Gasteiger partial charge in [-0.2, -0.15) is 0 Å². The highest BCUT2D eigenvalue weighted by atomic mass is 35.5. The van der Waals surface area contributed by atoms with Crippen LogP contribution >= 0.6 is 23.2 Å². The second kappa shape index (κ2) is 3.94. The van der Waals surface area contributed by atoms with Crippen molar-refractivity contribution in [1.29, 1.82) is 0 Å². The van der Waals surface area contributed by atoms with Crippen molar-refractivity contribution in [3.05, 3.63) is 38.4 Å². The van der Waals surface area contributed by atoms with E-state index in [1.54, 1.807) is 0 Å². The number of nitro groups is 1. The van der Waals surface area contributed by atoms with Gasteiger partial charge in [-0.05, 0) is 24.1 Å². The molecule has 14 heavy (non-hydrogen) atoms. The molecule has 0 spiro atoms. The molecule has 0 fully saturated rings. The second-order valence-electron chi connectivity index (χ2n) is 2.65. The summed E-state index contributed by atoms with van der Waals surface area (Å²) < 4.78 is 0. The second-order valence-corrected chi connectivity index (χ2v) is 3.40. The Bertz CT molecular complexity index is 394. The molecule has 0 amide bonds. The van der Waals surface area contributed by atoms with E-state index in [9.17, 15) is 14.9 Å². The fraction of sp³-hybridized carbons (Fsp3) is 0.125. The number of halogens is 2. The molecule has 0 bridgehead atoms. The van der Waals surface area contributed by atoms with Gasteiger partial charge in [0.15, 0.2) is 0 Å². The van der Waals surface area contributed by atoms with Crippen molar-refractivity contribution in [2.24, 2.45) is 0 Å². The van der Waals surface area contributed by atoms with E-state index in [2.05, 4.69) is 0 Å². The van der Waals surface area contributed by atoms with Crippen LogP contribution in [0, 0.1) is 17.0 Å². The average Bonchev–Trinajstić information content (AvgIpc) is 2.01. The number of hydrogen-bond acceptors (Lipinski definition) is 3. The van der Waals surface area contributed by atoms with Gasteiger partial charge in [-0.25, -0.2) is 0 Å². The van der Waals surface area contributed by atoms with Crippen LogP contribution in [0.5, 0.6) is 0 Å². The molecule has 0 saturated carbocycles. The van der Waals surface area contributed by atoms with Crippen molar-refractivity contribution in [3.8, 4) is 0 Å². The van der Waals surface area contributed by atoms with Crippen LogP contribution in [0.2, 0.25) is 5.02 Å². The summed E-state index contributed by atoms with van der Waals surface area (Å²) in [6, 6.07) is 2.35. The van der Waals surface area contributed by atoms with Crippen molar-refractivity contribution in [1.82, 2.24) is 0 Å². The smallest absolute Gasteiger partial charge is 0.271 e. The topological polar surface area (TPSA) is 60.2 Å². The summed E-state index contributed by atoms with van der Waals surface area (Å²) in [6.45, 7) is 1.54. The Hall–Kier alpha value is -1.13. The Morgan fingerprint density at radius 2 is 2.07 bits per heavy atom. The molecule has 0 aliphatic heterocycles. The van der Waals surface area contributed by atoms with Gasteiger partial charge in [0.2, 0.25) is 0 Å². The molecule has 0 saturated heterocycles. The molecule has 0 atom stereocenters. The number of hydrogen-bond donors (Lipinski definition) is 0. The van der Waals surface area contributed by atoms with Crippen LogP contribution in [0.1, 0.15) is 15.9 Å². The molecule has 1 aromatic carbocycles. The zero-order valence-corrected chi connectivity index (χ0v) is 8.59. The fourth-order valence-corrected chi connectivity index (χ4v) is 1.73. The lowest BCUT2D eigenvalue weighted by molar-refractivity contribution is -0.384. The fourth-order valence-electron chi connectivity index (χ4n) is 1.08. The zero-order chi connectivity index (χ0) is 10.9. The molecule has 0 radical (unpaired) electrons. The van der Waals surface area contributed by atoms with E-state index >= 15 is 0 Å². The third kappa shape index (κ3) is 2.02. The number of benzene rings is 1. The van der Waals surface area contributed by atoms with Gasteiger partial charge in [0.25, 0.3) is 10.9 Å². The predicted molar refractivity (Wildman–Crippen MR) is 53.0 cm³/mol. The molecule has 0 N–H and O–H groups in total. The van der Waals surface area contributed by atoms with E-state index in [0.717, 1.165) is 6.07 Å². The van der Waals surface area contributed by atoms with E-state index in [-0.39, 0.29) is 16.3 Å². The Morgan fingerprint density at radius 1 is 1.50 bits per heavy atom. The first-order valence-electron chi connectivity index (χ1n) is 3.58. The highest BCUT2D eigenvalue weighted by molar-refractivity contribution is 6.69. The minimum absolute atomic E-state index is 0.00306. The van der Waals surface area contributed by atoms with Gasteiger partial charge >= 0.3 is 0 Å². The third-order valence-corrected chi connectivity index (χ3v) is 2.17. The molecular weight excluding hydrogens is 229 g/mol. The predicted octanol–water partition coefficient (Wildman–Crippen LogP) is 2.94. The molecule has 6 heteroatoms. The van der Waals surface area contributed by atoms with E-state index < -0.39 is 10.2 Å². The molecule has 0 heterocycles. The molecule has 1 rings (SSSR count). The molecular formula is C8H5Cl2NO3. The van der Waals surface area contributed by atoms with Crippen LogP contribution in [0.4, 0.5) is 5.69 Å². The van der Waals surface area contributed by atoms with Crippen LogP contribution < -0.4 is 0 Å². The van der Waals surface area contributed by atoms with Crippen LogP contribution in [-0.2, 0) is 0 Å². The minimum atomic E-state index is -0.720. The molecule has 74 valence electrons. The van der Waals surface area contributed by atoms with Crippen molar-refractivity contribution in [2.75, 3.05) is 0 Å². The van der Waals surface area contributed by atoms with E-state index in [0.29, 0.717) is 5.56 Å². The number of aryl methyl sites for hydroxylation is 1. The summed E-state index contributed by atoms with van der Waals surface area (Å²) in [4.78, 5) is 20.7. The maximum absolute atomic E-state index is 10.9. The normalized spacial score (nSPS) is 9.93. The third-order valence-electron chi connectivity index (χ3n) is 1.68. The van der Waals surface area contributed by atoms with Crippen LogP contribution in [0.15, 0.2) is 12.1 Å². The number of rotatable bonds is 2. The van der Waals surface area contributed by atoms with Gasteiger partial charge in [0.1, 0.15) is 0 Å². The molecule has 1 aromatic rings. The van der Waals surface area contributed by atoms with Gasteiger partial charge in [0, 0.05) is 12.1 Å². The van der Waals surface area contributed by atoms with Crippen LogP contribution in [0.3, 0.4) is 0 Å². The van der Waals surface area contributed by atoms with E-state index in [1.165, 1.54) is 13.0 Å². The number of nitrogens with zero attached hydrogens (tertiary/aromatic N) is 1. The van der Waals surface area contributed by atoms with Crippen LogP contribution in [0.25, 0.3) is 0 Å². The molecule has 0 unspecified atom stereocenters. The first kappa shape index (κ1) is 10.9. The lowest BCUT2D eigenvalue weighted by Crippen LogP contribution is -1.97. The summed E-state index contributed by atoms with van der Waals surface area (Å²) >= 11 is 10.9. The Labute approximate surface area is 89.6 Å². The van der Waals surface area contributed by atoms with Crippen molar-refractivity contribution in [2.45, 2.75) is 6.92 Å². The summed E-state index contributed by atoms with van der Waals surface area (Å²) in [7, 11) is 0. The molecule has 0 aliphatic rings. The standard InChI is InChI=1S/C8H5Cl2NO3/c1-4-2-5(11(13)14)3-6(9)7(4)8(10)12/h2-3H,1H3. The minimum Gasteiger partial charge on any atom is -0.276 e. The summed E-state index contributed by atoms with van der Waals surface area (Å²) in [5.41, 5.74) is 0.345. The lowest BCUT2D eigenvalue weighted by Gasteiger charge is -2.02. The molecule has 0 aliphatic carbocycles. The highest BCUT2D eigenvalue weighted by Crippen LogP contribution is 2.27. The van der Waals surface area contributed by atoms with Gasteiger partial charge in [0.05, 0.1) is 15.5 Å².